The van der Waals surface area contributed by atoms with E-state index in [1.165, 1.54) is 0 Å². The topological polar surface area (TPSA) is 72.5 Å². The van der Waals surface area contributed by atoms with E-state index in [-0.39, 0.29) is 29.4 Å². The third-order valence-electron chi connectivity index (χ3n) is 4.42. The molecule has 1 aromatic rings. The number of carbonyl (C=O) groups is 1. The molecule has 1 amide bonds. The fourth-order valence-electron chi connectivity index (χ4n) is 2.88. The summed E-state index contributed by atoms with van der Waals surface area (Å²) in [6.07, 6.45) is 3.36. The maximum atomic E-state index is 12.2. The van der Waals surface area contributed by atoms with Gasteiger partial charge in [0.1, 0.15) is 0 Å². The second kappa shape index (κ2) is 7.93. The van der Waals surface area contributed by atoms with Gasteiger partial charge in [-0.15, -0.1) is 0 Å². The molecule has 1 atom stereocenters. The van der Waals surface area contributed by atoms with Crippen molar-refractivity contribution in [3.63, 3.8) is 0 Å². The largest absolute Gasteiger partial charge is 0.377 e. The molecule has 1 aliphatic carbocycles. The molecule has 0 spiro atoms. The van der Waals surface area contributed by atoms with Gasteiger partial charge in [-0.25, -0.2) is 8.42 Å². The summed E-state index contributed by atoms with van der Waals surface area (Å²) in [6.45, 7) is 1.93. The molecule has 5 nitrogen and oxygen atoms in total. The zero-order chi connectivity index (χ0) is 16.9. The van der Waals surface area contributed by atoms with Gasteiger partial charge in [0.25, 0.3) is 0 Å². The van der Waals surface area contributed by atoms with Crippen LogP contribution in [-0.4, -0.2) is 32.4 Å². The smallest absolute Gasteiger partial charge is 0.225 e. The minimum atomic E-state index is -3.15. The lowest BCUT2D eigenvalue weighted by molar-refractivity contribution is -0.115. The average Bonchev–Trinajstić information content (AvgIpc) is 3.08. The van der Waals surface area contributed by atoms with E-state index in [4.69, 9.17) is 4.74 Å². The molecule has 6 heteroatoms. The molecule has 0 heterocycles. The number of hydrogen-bond donors (Lipinski definition) is 1. The lowest BCUT2D eigenvalue weighted by atomic mass is 10.1. The molecule has 1 N–H and O–H groups in total. The summed E-state index contributed by atoms with van der Waals surface area (Å²) in [5.41, 5.74) is 1.62. The van der Waals surface area contributed by atoms with E-state index in [9.17, 15) is 13.2 Å². The van der Waals surface area contributed by atoms with Gasteiger partial charge in [-0.1, -0.05) is 25.0 Å². The second-order valence-corrected chi connectivity index (χ2v) is 8.48. The molecule has 1 aliphatic rings. The molecule has 1 saturated carbocycles. The molecular formula is C17H25NO4S. The number of anilines is 1. The Hall–Kier alpha value is -1.40. The van der Waals surface area contributed by atoms with Gasteiger partial charge in [-0.2, -0.15) is 0 Å². The first-order valence-electron chi connectivity index (χ1n) is 8.06. The van der Waals surface area contributed by atoms with Crippen molar-refractivity contribution in [1.82, 2.24) is 0 Å². The molecule has 0 unspecified atom stereocenters. The van der Waals surface area contributed by atoms with E-state index in [0.717, 1.165) is 31.2 Å². The van der Waals surface area contributed by atoms with Crippen LogP contribution in [0.4, 0.5) is 5.69 Å². The third kappa shape index (κ3) is 5.04. The molecule has 1 fully saturated rings. The minimum absolute atomic E-state index is 0.00287. The van der Waals surface area contributed by atoms with E-state index < -0.39 is 9.84 Å². The average molecular weight is 339 g/mol. The Morgan fingerprint density at radius 3 is 2.70 bits per heavy atom. The third-order valence-corrected chi connectivity index (χ3v) is 6.68. The Labute approximate surface area is 138 Å². The van der Waals surface area contributed by atoms with Crippen LogP contribution in [0.15, 0.2) is 24.3 Å². The maximum absolute atomic E-state index is 12.2. The Balaban J connectivity index is 1.89. The van der Waals surface area contributed by atoms with Gasteiger partial charge in [0.15, 0.2) is 9.84 Å². The molecular weight excluding hydrogens is 314 g/mol. The molecule has 23 heavy (non-hydrogen) atoms. The molecule has 2 rings (SSSR count). The highest BCUT2D eigenvalue weighted by Gasteiger charge is 2.28. The van der Waals surface area contributed by atoms with Gasteiger partial charge in [-0.3, -0.25) is 4.79 Å². The maximum Gasteiger partial charge on any atom is 0.225 e. The quantitative estimate of drug-likeness (QED) is 0.828. The number of sulfone groups is 1. The number of nitrogens with one attached hydrogen (secondary N) is 1. The van der Waals surface area contributed by atoms with Crippen molar-refractivity contribution < 1.29 is 17.9 Å². The number of benzene rings is 1. The van der Waals surface area contributed by atoms with Crippen LogP contribution in [0.2, 0.25) is 0 Å². The van der Waals surface area contributed by atoms with Crippen LogP contribution >= 0.6 is 0 Å². The summed E-state index contributed by atoms with van der Waals surface area (Å²) in [5.74, 6) is -0.341. The van der Waals surface area contributed by atoms with Crippen LogP contribution in [0.25, 0.3) is 0 Å². The predicted molar refractivity (Wildman–Crippen MR) is 91.2 cm³/mol. The van der Waals surface area contributed by atoms with Crippen molar-refractivity contribution in [2.45, 2.75) is 50.4 Å². The van der Waals surface area contributed by atoms with Gasteiger partial charge >= 0.3 is 0 Å². The lowest BCUT2D eigenvalue weighted by Gasteiger charge is -2.13. The minimum Gasteiger partial charge on any atom is -0.377 e. The summed E-state index contributed by atoms with van der Waals surface area (Å²) in [4.78, 5) is 12.0. The monoisotopic (exact) mass is 339 g/mol. The van der Waals surface area contributed by atoms with Gasteiger partial charge in [0.05, 0.1) is 17.1 Å². The zero-order valence-electron chi connectivity index (χ0n) is 13.7. The first kappa shape index (κ1) is 17.9. The highest BCUT2D eigenvalue weighted by Crippen LogP contribution is 2.25. The highest BCUT2D eigenvalue weighted by atomic mass is 32.2. The Kier molecular flexibility index (Phi) is 6.18. The number of carbonyl (C=O) groups excluding carboxylic acids is 1. The van der Waals surface area contributed by atoms with E-state index in [0.29, 0.717) is 5.69 Å². The summed E-state index contributed by atoms with van der Waals surface area (Å²) < 4.78 is 29.6. The summed E-state index contributed by atoms with van der Waals surface area (Å²) in [7, 11) is -1.52. The molecule has 128 valence electrons. The molecule has 0 saturated heterocycles. The summed E-state index contributed by atoms with van der Waals surface area (Å²) in [5, 5.41) is 2.52. The number of amides is 1. The number of ether oxygens (including phenoxy) is 1. The first-order valence-corrected chi connectivity index (χ1v) is 9.78. The number of methoxy groups -OCH3 is 1. The molecule has 0 aliphatic heterocycles. The van der Waals surface area contributed by atoms with Gasteiger partial charge < -0.3 is 10.1 Å². The standard InChI is InChI=1S/C17H25NO4S/c1-13(22-2)14-6-5-7-15(12-14)18-17(19)10-11-23(20,21)16-8-3-4-9-16/h5-7,12-13,16H,3-4,8-11H2,1-2H3,(H,18,19)/t13-/m0/s1. The van der Waals surface area contributed by atoms with Crippen molar-refractivity contribution in [2.24, 2.45) is 0 Å². The van der Waals surface area contributed by atoms with Gasteiger partial charge in [-0.05, 0) is 37.5 Å². The van der Waals surface area contributed by atoms with Crippen molar-refractivity contribution in [3.05, 3.63) is 29.8 Å². The Morgan fingerprint density at radius 2 is 2.04 bits per heavy atom. The zero-order valence-corrected chi connectivity index (χ0v) is 14.6. The van der Waals surface area contributed by atoms with Crippen molar-refractivity contribution in [2.75, 3.05) is 18.2 Å². The summed E-state index contributed by atoms with van der Waals surface area (Å²) in [6, 6.07) is 7.40. The van der Waals surface area contributed by atoms with E-state index in [1.807, 2.05) is 25.1 Å². The number of hydrogen-bond acceptors (Lipinski definition) is 4. The fourth-order valence-corrected chi connectivity index (χ4v) is 4.73. The Bertz CT molecular complexity index is 636. The van der Waals surface area contributed by atoms with Gasteiger partial charge in [0.2, 0.25) is 5.91 Å². The molecule has 0 bridgehead atoms. The van der Waals surface area contributed by atoms with E-state index in [1.54, 1.807) is 13.2 Å². The van der Waals surface area contributed by atoms with E-state index >= 15 is 0 Å². The van der Waals surface area contributed by atoms with Crippen molar-refractivity contribution >= 4 is 21.4 Å². The van der Waals surface area contributed by atoms with Crippen LogP contribution in [-0.2, 0) is 19.4 Å². The first-order chi connectivity index (χ1) is 10.9. The van der Waals surface area contributed by atoms with Crippen LogP contribution in [0.5, 0.6) is 0 Å². The van der Waals surface area contributed by atoms with Crippen LogP contribution < -0.4 is 5.32 Å². The highest BCUT2D eigenvalue weighted by molar-refractivity contribution is 7.92. The molecule has 0 radical (unpaired) electrons. The van der Waals surface area contributed by atoms with Crippen LogP contribution in [0.3, 0.4) is 0 Å². The van der Waals surface area contributed by atoms with Crippen LogP contribution in [0, 0.1) is 0 Å². The normalized spacial score (nSPS) is 17.1. The fraction of sp³-hybridized carbons (Fsp3) is 0.588. The van der Waals surface area contributed by atoms with Crippen molar-refractivity contribution in [3.8, 4) is 0 Å². The Morgan fingerprint density at radius 1 is 1.35 bits per heavy atom. The summed E-state index contributed by atoms with van der Waals surface area (Å²) >= 11 is 0. The number of rotatable bonds is 7. The van der Waals surface area contributed by atoms with Gasteiger partial charge in [0, 0.05) is 19.2 Å². The SMILES string of the molecule is CO[C@@H](C)c1cccc(NC(=O)CCS(=O)(=O)C2CCCC2)c1. The second-order valence-electron chi connectivity index (χ2n) is 6.08. The molecule has 0 aromatic heterocycles. The van der Waals surface area contributed by atoms with E-state index in [2.05, 4.69) is 5.32 Å². The van der Waals surface area contributed by atoms with Crippen LogP contribution in [0.1, 0.15) is 50.7 Å². The lowest BCUT2D eigenvalue weighted by Crippen LogP contribution is -2.24. The van der Waals surface area contributed by atoms with Crippen molar-refractivity contribution in [1.29, 1.82) is 0 Å². The predicted octanol–water partition coefficient (Wildman–Crippen LogP) is 3.08. The molecule has 1 aromatic carbocycles.